The van der Waals surface area contributed by atoms with Crippen LogP contribution in [0.15, 0.2) is 65.7 Å². The molecule has 3 rings (SSSR count). The SMILES string of the molecule is I.NC(=NC(CC1CCOCC1)c1ccccc1)Nc1ccccc1. The number of guanidine groups is 1. The molecule has 5 heteroatoms. The summed E-state index contributed by atoms with van der Waals surface area (Å²) in [4.78, 5) is 4.78. The molecule has 1 heterocycles. The van der Waals surface area contributed by atoms with E-state index in [0.717, 1.165) is 38.2 Å². The van der Waals surface area contributed by atoms with Crippen molar-refractivity contribution in [2.45, 2.75) is 25.3 Å². The van der Waals surface area contributed by atoms with Gasteiger partial charge in [-0.2, -0.15) is 0 Å². The predicted octanol–water partition coefficient (Wildman–Crippen LogP) is 4.59. The zero-order valence-electron chi connectivity index (χ0n) is 14.3. The van der Waals surface area contributed by atoms with Gasteiger partial charge in [-0.15, -0.1) is 24.0 Å². The monoisotopic (exact) mass is 451 g/mol. The standard InChI is InChI=1S/C20H25N3O.HI/c21-20(22-18-9-5-2-6-10-18)23-19(17-7-3-1-4-8-17)15-16-11-13-24-14-12-16;/h1-10,16,19H,11-15H2,(H3,21,22,23);1H. The first-order chi connectivity index (χ1) is 11.8. The molecule has 1 atom stereocenters. The van der Waals surface area contributed by atoms with E-state index in [0.29, 0.717) is 11.9 Å². The number of benzene rings is 2. The number of hydrogen-bond donors (Lipinski definition) is 2. The van der Waals surface area contributed by atoms with E-state index in [4.69, 9.17) is 15.5 Å². The number of halogens is 1. The first kappa shape index (κ1) is 19.7. The minimum Gasteiger partial charge on any atom is -0.381 e. The second-order valence-electron chi connectivity index (χ2n) is 6.22. The lowest BCUT2D eigenvalue weighted by molar-refractivity contribution is 0.0619. The van der Waals surface area contributed by atoms with Crippen LogP contribution in [0.3, 0.4) is 0 Å². The fourth-order valence-electron chi connectivity index (χ4n) is 3.11. The molecule has 1 aliphatic heterocycles. The molecule has 0 saturated carbocycles. The largest absolute Gasteiger partial charge is 0.381 e. The van der Waals surface area contributed by atoms with Crippen LogP contribution in [0.2, 0.25) is 0 Å². The number of hydrogen-bond acceptors (Lipinski definition) is 2. The maximum absolute atomic E-state index is 6.16. The lowest BCUT2D eigenvalue weighted by Gasteiger charge is -2.25. The Hall–Kier alpha value is -1.60. The third kappa shape index (κ3) is 6.32. The molecule has 2 aromatic rings. The molecule has 1 saturated heterocycles. The first-order valence-corrected chi connectivity index (χ1v) is 8.59. The smallest absolute Gasteiger partial charge is 0.193 e. The van der Waals surface area contributed by atoms with Crippen LogP contribution in [0.25, 0.3) is 0 Å². The highest BCUT2D eigenvalue weighted by Crippen LogP contribution is 2.30. The number of nitrogens with one attached hydrogen (secondary N) is 1. The maximum atomic E-state index is 6.16. The molecule has 0 bridgehead atoms. The molecular formula is C20H26IN3O. The summed E-state index contributed by atoms with van der Waals surface area (Å²) in [5, 5.41) is 3.18. The van der Waals surface area contributed by atoms with Crippen molar-refractivity contribution in [2.75, 3.05) is 18.5 Å². The number of anilines is 1. The van der Waals surface area contributed by atoms with E-state index >= 15 is 0 Å². The Bertz CT molecular complexity index is 643. The van der Waals surface area contributed by atoms with E-state index < -0.39 is 0 Å². The minimum absolute atomic E-state index is 0. The van der Waals surface area contributed by atoms with Crippen LogP contribution >= 0.6 is 24.0 Å². The van der Waals surface area contributed by atoms with Crippen molar-refractivity contribution in [3.05, 3.63) is 66.2 Å². The molecule has 0 spiro atoms. The number of nitrogens with zero attached hydrogens (tertiary/aromatic N) is 1. The van der Waals surface area contributed by atoms with Gasteiger partial charge in [0.15, 0.2) is 5.96 Å². The fraction of sp³-hybridized carbons (Fsp3) is 0.350. The van der Waals surface area contributed by atoms with Crippen LogP contribution in [-0.4, -0.2) is 19.2 Å². The van der Waals surface area contributed by atoms with Gasteiger partial charge < -0.3 is 15.8 Å². The van der Waals surface area contributed by atoms with Crippen molar-refractivity contribution in [1.82, 2.24) is 0 Å². The highest BCUT2D eigenvalue weighted by atomic mass is 127. The van der Waals surface area contributed by atoms with Gasteiger partial charge in [0.1, 0.15) is 0 Å². The van der Waals surface area contributed by atoms with Crippen molar-refractivity contribution in [3.8, 4) is 0 Å². The normalized spacial score (nSPS) is 16.7. The summed E-state index contributed by atoms with van der Waals surface area (Å²) >= 11 is 0. The van der Waals surface area contributed by atoms with E-state index in [2.05, 4.69) is 29.6 Å². The Morgan fingerprint density at radius 3 is 2.28 bits per heavy atom. The average Bonchev–Trinajstić information content (AvgIpc) is 2.63. The van der Waals surface area contributed by atoms with Crippen LogP contribution in [0, 0.1) is 5.92 Å². The van der Waals surface area contributed by atoms with Gasteiger partial charge in [-0.25, -0.2) is 4.99 Å². The Labute approximate surface area is 166 Å². The zero-order valence-corrected chi connectivity index (χ0v) is 16.6. The molecule has 134 valence electrons. The van der Waals surface area contributed by atoms with Gasteiger partial charge in [0, 0.05) is 18.9 Å². The number of nitrogens with two attached hydrogens (primary N) is 1. The summed E-state index contributed by atoms with van der Waals surface area (Å²) in [5.74, 6) is 1.10. The number of ether oxygens (including phenoxy) is 1. The molecule has 2 aromatic carbocycles. The molecule has 1 fully saturated rings. The van der Waals surface area contributed by atoms with E-state index in [1.165, 1.54) is 5.56 Å². The summed E-state index contributed by atoms with van der Waals surface area (Å²) in [5.41, 5.74) is 8.33. The van der Waals surface area contributed by atoms with Crippen LogP contribution in [0.4, 0.5) is 5.69 Å². The van der Waals surface area contributed by atoms with Crippen LogP contribution < -0.4 is 11.1 Å². The predicted molar refractivity (Wildman–Crippen MR) is 114 cm³/mol. The van der Waals surface area contributed by atoms with Gasteiger partial charge in [0.05, 0.1) is 6.04 Å². The van der Waals surface area contributed by atoms with Crippen molar-refractivity contribution in [1.29, 1.82) is 0 Å². The summed E-state index contributed by atoms with van der Waals surface area (Å²) in [6, 6.07) is 20.4. The second-order valence-corrected chi connectivity index (χ2v) is 6.22. The third-order valence-electron chi connectivity index (χ3n) is 4.42. The summed E-state index contributed by atoms with van der Waals surface area (Å²) in [7, 11) is 0. The zero-order chi connectivity index (χ0) is 16.6. The number of aliphatic imine (C=N–C) groups is 1. The van der Waals surface area contributed by atoms with E-state index in [9.17, 15) is 0 Å². The van der Waals surface area contributed by atoms with Gasteiger partial charge >= 0.3 is 0 Å². The lowest BCUT2D eigenvalue weighted by Crippen LogP contribution is -2.24. The Kier molecular flexibility index (Phi) is 8.21. The Morgan fingerprint density at radius 2 is 1.64 bits per heavy atom. The first-order valence-electron chi connectivity index (χ1n) is 8.59. The van der Waals surface area contributed by atoms with Crippen LogP contribution in [0.5, 0.6) is 0 Å². The number of rotatable bonds is 5. The third-order valence-corrected chi connectivity index (χ3v) is 4.42. The Balaban J connectivity index is 0.00000225. The van der Waals surface area contributed by atoms with Gasteiger partial charge in [0.2, 0.25) is 0 Å². The second kappa shape index (κ2) is 10.4. The molecule has 25 heavy (non-hydrogen) atoms. The van der Waals surface area contributed by atoms with Gasteiger partial charge in [-0.1, -0.05) is 48.5 Å². The topological polar surface area (TPSA) is 59.6 Å². The maximum Gasteiger partial charge on any atom is 0.193 e. The highest BCUT2D eigenvalue weighted by Gasteiger charge is 2.20. The summed E-state index contributed by atoms with van der Waals surface area (Å²) in [6.07, 6.45) is 3.21. The van der Waals surface area contributed by atoms with Crippen molar-refractivity contribution >= 4 is 35.6 Å². The fourth-order valence-corrected chi connectivity index (χ4v) is 3.11. The molecule has 4 nitrogen and oxygen atoms in total. The van der Waals surface area contributed by atoms with Crippen LogP contribution in [0.1, 0.15) is 30.9 Å². The molecule has 1 aliphatic rings. The van der Waals surface area contributed by atoms with Crippen molar-refractivity contribution in [3.63, 3.8) is 0 Å². The molecule has 0 amide bonds. The van der Waals surface area contributed by atoms with Crippen LogP contribution in [-0.2, 0) is 4.74 Å². The molecular weight excluding hydrogens is 425 g/mol. The Morgan fingerprint density at radius 1 is 1.04 bits per heavy atom. The van der Waals surface area contributed by atoms with E-state index in [-0.39, 0.29) is 30.0 Å². The van der Waals surface area contributed by atoms with Gasteiger partial charge in [-0.3, -0.25) is 0 Å². The highest BCUT2D eigenvalue weighted by molar-refractivity contribution is 14.0. The van der Waals surface area contributed by atoms with Gasteiger partial charge in [-0.05, 0) is 42.9 Å². The molecule has 0 radical (unpaired) electrons. The summed E-state index contributed by atoms with van der Waals surface area (Å²) < 4.78 is 5.47. The molecule has 1 unspecified atom stereocenters. The lowest BCUT2D eigenvalue weighted by atomic mass is 9.90. The average molecular weight is 451 g/mol. The van der Waals surface area contributed by atoms with Crippen molar-refractivity contribution < 1.29 is 4.74 Å². The molecule has 0 aromatic heterocycles. The number of para-hydroxylation sites is 1. The van der Waals surface area contributed by atoms with Crippen molar-refractivity contribution in [2.24, 2.45) is 16.6 Å². The van der Waals surface area contributed by atoms with E-state index in [1.807, 2.05) is 36.4 Å². The minimum atomic E-state index is 0. The van der Waals surface area contributed by atoms with Gasteiger partial charge in [0.25, 0.3) is 0 Å². The summed E-state index contributed by atoms with van der Waals surface area (Å²) in [6.45, 7) is 1.71. The van der Waals surface area contributed by atoms with E-state index in [1.54, 1.807) is 0 Å². The molecule has 3 N–H and O–H groups in total. The quantitative estimate of drug-likeness (QED) is 0.397. The molecule has 0 aliphatic carbocycles.